The van der Waals surface area contributed by atoms with E-state index >= 15 is 0 Å². The number of primary amides is 1. The number of thiophene rings is 1. The van der Waals surface area contributed by atoms with Gasteiger partial charge in [0, 0.05) is 6.42 Å². The molecule has 0 aromatic carbocycles. The molecule has 0 spiro atoms. The average Bonchev–Trinajstić information content (AvgIpc) is 3.21. The van der Waals surface area contributed by atoms with E-state index in [0.717, 1.165) is 12.3 Å². The molecule has 2 saturated carbocycles. The topological polar surface area (TPSA) is 98.5 Å². The van der Waals surface area contributed by atoms with Gasteiger partial charge in [0.2, 0.25) is 0 Å². The normalized spacial score (nSPS) is 25.3. The van der Waals surface area contributed by atoms with E-state index in [2.05, 4.69) is 5.32 Å². The number of carbonyl (C=O) groups is 3. The van der Waals surface area contributed by atoms with Gasteiger partial charge >= 0.3 is 5.97 Å². The SMILES string of the molecule is NC(=O)c1ccsc1NC(=O)COC(=O)C[C@@H]1C[C@@H]2CC[C@@H]1C2. The highest BCUT2D eigenvalue weighted by atomic mass is 32.1. The van der Waals surface area contributed by atoms with Crippen molar-refractivity contribution in [2.24, 2.45) is 23.5 Å². The minimum absolute atomic E-state index is 0.261. The Labute approximate surface area is 138 Å². The lowest BCUT2D eigenvalue weighted by molar-refractivity contribution is -0.148. The van der Waals surface area contributed by atoms with Gasteiger partial charge in [-0.15, -0.1) is 11.3 Å². The minimum Gasteiger partial charge on any atom is -0.456 e. The summed E-state index contributed by atoms with van der Waals surface area (Å²) in [6, 6.07) is 1.55. The van der Waals surface area contributed by atoms with Crippen LogP contribution in [0.15, 0.2) is 11.4 Å². The lowest BCUT2D eigenvalue weighted by Gasteiger charge is -2.20. The Hall–Kier alpha value is -1.89. The van der Waals surface area contributed by atoms with Gasteiger partial charge in [0.15, 0.2) is 6.61 Å². The van der Waals surface area contributed by atoms with Crippen LogP contribution in [0, 0.1) is 17.8 Å². The first kappa shape index (κ1) is 16.0. The van der Waals surface area contributed by atoms with Gasteiger partial charge in [-0.05, 0) is 48.5 Å². The fourth-order valence-corrected chi connectivity index (χ4v) is 4.62. The van der Waals surface area contributed by atoms with E-state index in [9.17, 15) is 14.4 Å². The van der Waals surface area contributed by atoms with E-state index in [1.807, 2.05) is 0 Å². The van der Waals surface area contributed by atoms with Gasteiger partial charge in [0.1, 0.15) is 5.00 Å². The first-order valence-electron chi connectivity index (χ1n) is 7.85. The molecular formula is C16H20N2O4S. The van der Waals surface area contributed by atoms with E-state index in [1.165, 1.54) is 30.6 Å². The first-order valence-corrected chi connectivity index (χ1v) is 8.73. The predicted octanol–water partition coefficient (Wildman–Crippen LogP) is 2.15. The molecule has 23 heavy (non-hydrogen) atoms. The van der Waals surface area contributed by atoms with E-state index in [4.69, 9.17) is 10.5 Å². The zero-order chi connectivity index (χ0) is 16.4. The number of rotatable bonds is 6. The van der Waals surface area contributed by atoms with Gasteiger partial charge in [-0.2, -0.15) is 0 Å². The summed E-state index contributed by atoms with van der Waals surface area (Å²) in [7, 11) is 0. The molecule has 2 fully saturated rings. The summed E-state index contributed by atoms with van der Waals surface area (Å²) in [5.74, 6) is 0.478. The van der Waals surface area contributed by atoms with E-state index in [0.29, 0.717) is 23.3 Å². The van der Waals surface area contributed by atoms with Crippen LogP contribution in [0.2, 0.25) is 0 Å². The molecule has 6 nitrogen and oxygen atoms in total. The van der Waals surface area contributed by atoms with E-state index in [-0.39, 0.29) is 18.1 Å². The monoisotopic (exact) mass is 336 g/mol. The van der Waals surface area contributed by atoms with Crippen LogP contribution in [-0.4, -0.2) is 24.4 Å². The van der Waals surface area contributed by atoms with Crippen LogP contribution < -0.4 is 11.1 Å². The molecule has 124 valence electrons. The lowest BCUT2D eigenvalue weighted by Crippen LogP contribution is -2.24. The fraction of sp³-hybridized carbons (Fsp3) is 0.562. The van der Waals surface area contributed by atoms with Crippen molar-refractivity contribution in [1.29, 1.82) is 0 Å². The minimum atomic E-state index is -0.602. The molecule has 2 aliphatic carbocycles. The number of hydrogen-bond acceptors (Lipinski definition) is 5. The molecule has 3 N–H and O–H groups in total. The smallest absolute Gasteiger partial charge is 0.306 e. The molecular weight excluding hydrogens is 316 g/mol. The number of ether oxygens (including phenoxy) is 1. The van der Waals surface area contributed by atoms with Crippen LogP contribution in [-0.2, 0) is 14.3 Å². The van der Waals surface area contributed by atoms with Gasteiger partial charge in [-0.1, -0.05) is 6.42 Å². The predicted molar refractivity (Wildman–Crippen MR) is 86.0 cm³/mol. The molecule has 3 rings (SSSR count). The van der Waals surface area contributed by atoms with Crippen molar-refractivity contribution >= 4 is 34.1 Å². The number of nitrogens with two attached hydrogens (primary N) is 1. The summed E-state index contributed by atoms with van der Waals surface area (Å²) < 4.78 is 5.06. The van der Waals surface area contributed by atoms with Gasteiger partial charge in [0.05, 0.1) is 5.56 Å². The number of esters is 1. The average molecular weight is 336 g/mol. The summed E-state index contributed by atoms with van der Waals surface area (Å²) in [6.45, 7) is -0.338. The molecule has 1 aromatic rings. The molecule has 2 bridgehead atoms. The van der Waals surface area contributed by atoms with E-state index < -0.39 is 11.8 Å². The second-order valence-corrected chi connectivity index (χ2v) is 7.29. The molecule has 1 heterocycles. The third-order valence-corrected chi connectivity index (χ3v) is 5.69. The Morgan fingerprint density at radius 1 is 1.30 bits per heavy atom. The molecule has 2 amide bonds. The Morgan fingerprint density at radius 2 is 2.13 bits per heavy atom. The lowest BCUT2D eigenvalue weighted by atomic mass is 9.86. The van der Waals surface area contributed by atoms with Crippen LogP contribution >= 0.6 is 11.3 Å². The Kier molecular flexibility index (Phi) is 4.66. The molecule has 0 unspecified atom stereocenters. The van der Waals surface area contributed by atoms with Crippen molar-refractivity contribution in [2.75, 3.05) is 11.9 Å². The summed E-state index contributed by atoms with van der Waals surface area (Å²) in [4.78, 5) is 34.9. The van der Waals surface area contributed by atoms with Crippen LogP contribution in [0.25, 0.3) is 0 Å². The van der Waals surface area contributed by atoms with Crippen molar-refractivity contribution in [2.45, 2.75) is 32.1 Å². The van der Waals surface area contributed by atoms with Crippen LogP contribution in [0.4, 0.5) is 5.00 Å². The third-order valence-electron chi connectivity index (χ3n) is 4.86. The quantitative estimate of drug-likeness (QED) is 0.778. The van der Waals surface area contributed by atoms with Crippen molar-refractivity contribution < 1.29 is 19.1 Å². The van der Waals surface area contributed by atoms with Crippen molar-refractivity contribution in [3.63, 3.8) is 0 Å². The van der Waals surface area contributed by atoms with Crippen molar-refractivity contribution in [3.05, 3.63) is 17.0 Å². The van der Waals surface area contributed by atoms with Gasteiger partial charge in [-0.3, -0.25) is 14.4 Å². The molecule has 0 radical (unpaired) electrons. The van der Waals surface area contributed by atoms with Crippen LogP contribution in [0.3, 0.4) is 0 Å². The largest absolute Gasteiger partial charge is 0.456 e. The van der Waals surface area contributed by atoms with E-state index in [1.54, 1.807) is 11.4 Å². The summed E-state index contributed by atoms with van der Waals surface area (Å²) in [5, 5.41) is 4.59. The maximum atomic E-state index is 11.9. The van der Waals surface area contributed by atoms with Crippen LogP contribution in [0.1, 0.15) is 42.5 Å². The summed E-state index contributed by atoms with van der Waals surface area (Å²) in [6.07, 6.45) is 5.27. The molecule has 2 aliphatic rings. The first-order chi connectivity index (χ1) is 11.0. The second kappa shape index (κ2) is 6.70. The zero-order valence-electron chi connectivity index (χ0n) is 12.7. The second-order valence-electron chi connectivity index (χ2n) is 6.38. The summed E-state index contributed by atoms with van der Waals surface area (Å²) in [5.41, 5.74) is 5.47. The van der Waals surface area contributed by atoms with Crippen LogP contribution in [0.5, 0.6) is 0 Å². The number of amides is 2. The maximum absolute atomic E-state index is 11.9. The maximum Gasteiger partial charge on any atom is 0.306 e. The Balaban J connectivity index is 1.42. The molecule has 1 aromatic heterocycles. The highest BCUT2D eigenvalue weighted by Crippen LogP contribution is 2.49. The zero-order valence-corrected chi connectivity index (χ0v) is 13.6. The highest BCUT2D eigenvalue weighted by Gasteiger charge is 2.40. The van der Waals surface area contributed by atoms with Crippen molar-refractivity contribution in [3.8, 4) is 0 Å². The van der Waals surface area contributed by atoms with Crippen molar-refractivity contribution in [1.82, 2.24) is 0 Å². The fourth-order valence-electron chi connectivity index (χ4n) is 3.81. The van der Waals surface area contributed by atoms with Gasteiger partial charge < -0.3 is 15.8 Å². The molecule has 3 atom stereocenters. The Morgan fingerprint density at radius 3 is 2.78 bits per heavy atom. The molecule has 0 aliphatic heterocycles. The standard InChI is InChI=1S/C16H20N2O4S/c17-15(21)12-3-4-23-16(12)18-13(19)8-22-14(20)7-11-6-9-1-2-10(11)5-9/h3-4,9-11H,1-2,5-8H2,(H2,17,21)(H,18,19)/t9-,10-,11+/m1/s1. The number of anilines is 1. The molecule has 7 heteroatoms. The number of hydrogen-bond donors (Lipinski definition) is 2. The molecule has 0 saturated heterocycles. The number of nitrogens with one attached hydrogen (secondary N) is 1. The number of carbonyl (C=O) groups excluding carboxylic acids is 3. The summed E-state index contributed by atoms with van der Waals surface area (Å²) >= 11 is 1.20. The van der Waals surface area contributed by atoms with Gasteiger partial charge in [0.25, 0.3) is 11.8 Å². The Bertz CT molecular complexity index is 627. The van der Waals surface area contributed by atoms with Gasteiger partial charge in [-0.25, -0.2) is 0 Å². The number of fused-ring (bicyclic) bond motifs is 2. The third kappa shape index (κ3) is 3.72. The highest BCUT2D eigenvalue weighted by molar-refractivity contribution is 7.14.